The van der Waals surface area contributed by atoms with Crippen LogP contribution in [-0.2, 0) is 0 Å². The van der Waals surface area contributed by atoms with Gasteiger partial charge in [0.05, 0.1) is 23.1 Å². The number of phenols is 1. The third kappa shape index (κ3) is 5.14. The van der Waals surface area contributed by atoms with Crippen LogP contribution in [0.1, 0.15) is 64.2 Å². The number of rotatable bonds is 6. The van der Waals surface area contributed by atoms with E-state index >= 15 is 0 Å². The highest BCUT2D eigenvalue weighted by Gasteiger charge is 2.46. The molecule has 4 saturated heterocycles. The molecule has 9 rings (SSSR count). The number of urea groups is 1. The zero-order valence-electron chi connectivity index (χ0n) is 27.0. The van der Waals surface area contributed by atoms with Crippen molar-refractivity contribution in [3.8, 4) is 22.9 Å². The summed E-state index contributed by atoms with van der Waals surface area (Å²) in [5.41, 5.74) is 2.88. The number of piperazine rings is 1. The number of anilines is 1. The van der Waals surface area contributed by atoms with Crippen LogP contribution >= 0.6 is 0 Å². The van der Waals surface area contributed by atoms with Crippen molar-refractivity contribution < 1.29 is 14.6 Å². The maximum absolute atomic E-state index is 13.4. The van der Waals surface area contributed by atoms with E-state index in [1.165, 1.54) is 25.7 Å². The fraction of sp³-hybridized carbons (Fsp3) is 0.500. The summed E-state index contributed by atoms with van der Waals surface area (Å²) in [5, 5.41) is 17.0. The smallest absolute Gasteiger partial charge is 0.319 e. The molecule has 2 amide bonds. The van der Waals surface area contributed by atoms with Crippen molar-refractivity contribution in [1.82, 2.24) is 25.1 Å². The summed E-state index contributed by atoms with van der Waals surface area (Å²) in [7, 11) is 0. The molecule has 1 aliphatic carbocycles. The van der Waals surface area contributed by atoms with E-state index in [1.807, 2.05) is 30.3 Å². The quantitative estimate of drug-likeness (QED) is 0.252. The number of phenolic OH excluding ortho intramolecular Hbond substituents is 1. The van der Waals surface area contributed by atoms with Gasteiger partial charge in [-0.15, -0.1) is 0 Å². The maximum Gasteiger partial charge on any atom is 0.319 e. The number of hydrogen-bond acceptors (Lipinski definition) is 7. The summed E-state index contributed by atoms with van der Waals surface area (Å²) >= 11 is 0. The van der Waals surface area contributed by atoms with Gasteiger partial charge in [0, 0.05) is 24.5 Å². The number of ether oxygens (including phenoxy) is 1. The molecule has 1 aromatic heterocycles. The number of aromatic hydroxyl groups is 1. The lowest BCUT2D eigenvalue weighted by molar-refractivity contribution is 0.108. The molecule has 4 aromatic rings. The molecule has 1 saturated carbocycles. The highest BCUT2D eigenvalue weighted by atomic mass is 16.5. The van der Waals surface area contributed by atoms with Crippen molar-refractivity contribution in [2.75, 3.05) is 37.7 Å². The Morgan fingerprint density at radius 1 is 0.894 bits per heavy atom. The Hall–Kier alpha value is -4.11. The van der Waals surface area contributed by atoms with Crippen LogP contribution < -0.4 is 15.0 Å². The molecule has 5 fully saturated rings. The molecular formula is C38H44N6O3. The molecule has 2 bridgehead atoms. The summed E-state index contributed by atoms with van der Waals surface area (Å²) in [5.74, 6) is 1.13. The molecule has 2 N–H and O–H groups in total. The van der Waals surface area contributed by atoms with Gasteiger partial charge in [0.15, 0.2) is 0 Å². The Balaban J connectivity index is 1.07. The van der Waals surface area contributed by atoms with Crippen LogP contribution in [0.15, 0.2) is 54.6 Å². The second-order valence-electron chi connectivity index (χ2n) is 14.6. The van der Waals surface area contributed by atoms with Crippen molar-refractivity contribution >= 4 is 33.5 Å². The normalized spacial score (nSPS) is 24.0. The standard InChI is InChI=1S/C38H44N6O3/c45-30-19-25-7-1-4-10-31(25)33(21-30)26-11-14-32-34(20-26)40-36(47-24-38-15-5-17-43(38)18-6-16-38)41-35(32)42-22-28-12-13-29(23-42)44(28)37(46)39-27-8-2-3-9-27/h1,4,7,10-11,14,19-21,27-29,45H,2-3,5-6,8-9,12-13,15-18,22-24H2,(H,39,46). The second-order valence-corrected chi connectivity index (χ2v) is 14.6. The summed E-state index contributed by atoms with van der Waals surface area (Å²) in [6.45, 7) is 4.40. The van der Waals surface area contributed by atoms with Gasteiger partial charge in [-0.2, -0.15) is 9.97 Å². The molecule has 9 heteroatoms. The molecule has 5 heterocycles. The highest BCUT2D eigenvalue weighted by Crippen LogP contribution is 2.41. The van der Waals surface area contributed by atoms with E-state index in [4.69, 9.17) is 14.7 Å². The minimum atomic E-state index is 0.0955. The predicted molar refractivity (Wildman–Crippen MR) is 184 cm³/mol. The molecule has 0 spiro atoms. The summed E-state index contributed by atoms with van der Waals surface area (Å²) in [6.07, 6.45) is 11.4. The largest absolute Gasteiger partial charge is 0.508 e. The highest BCUT2D eigenvalue weighted by molar-refractivity contribution is 6.01. The average Bonchev–Trinajstić information content (AvgIpc) is 3.87. The number of nitrogens with one attached hydrogen (secondary N) is 1. The van der Waals surface area contributed by atoms with Gasteiger partial charge in [-0.05, 0) is 111 Å². The summed E-state index contributed by atoms with van der Waals surface area (Å²) < 4.78 is 6.57. The van der Waals surface area contributed by atoms with Crippen LogP contribution in [0, 0.1) is 0 Å². The van der Waals surface area contributed by atoms with Gasteiger partial charge in [-0.1, -0.05) is 43.2 Å². The van der Waals surface area contributed by atoms with E-state index in [9.17, 15) is 9.90 Å². The average molecular weight is 633 g/mol. The Labute approximate surface area is 275 Å². The predicted octanol–water partition coefficient (Wildman–Crippen LogP) is 6.47. The fourth-order valence-electron chi connectivity index (χ4n) is 9.49. The lowest BCUT2D eigenvalue weighted by Gasteiger charge is -2.42. The van der Waals surface area contributed by atoms with E-state index in [2.05, 4.69) is 44.3 Å². The summed E-state index contributed by atoms with van der Waals surface area (Å²) in [6, 6.07) is 19.3. The number of nitrogens with zero attached hydrogens (tertiary/aromatic N) is 5. The van der Waals surface area contributed by atoms with Crippen LogP contribution in [0.5, 0.6) is 11.8 Å². The SMILES string of the molecule is O=C(NC1CCCC1)N1C2CCC1CN(c1nc(OCC34CCCN3CCC4)nc3cc(-c4cc(O)cc5ccccc45)ccc13)C2. The van der Waals surface area contributed by atoms with Crippen molar-refractivity contribution in [2.24, 2.45) is 0 Å². The van der Waals surface area contributed by atoms with Gasteiger partial charge >= 0.3 is 12.0 Å². The molecule has 3 aromatic carbocycles. The number of fused-ring (bicyclic) bond motifs is 5. The summed E-state index contributed by atoms with van der Waals surface area (Å²) in [4.78, 5) is 30.7. The van der Waals surface area contributed by atoms with E-state index < -0.39 is 0 Å². The van der Waals surface area contributed by atoms with Crippen molar-refractivity contribution in [3.63, 3.8) is 0 Å². The molecular weight excluding hydrogens is 588 g/mol. The number of hydrogen-bond donors (Lipinski definition) is 2. The molecule has 47 heavy (non-hydrogen) atoms. The van der Waals surface area contributed by atoms with Crippen LogP contribution in [0.2, 0.25) is 0 Å². The first kappa shape index (κ1) is 29.1. The number of amides is 2. The van der Waals surface area contributed by atoms with E-state index in [0.29, 0.717) is 18.7 Å². The van der Waals surface area contributed by atoms with Gasteiger partial charge in [-0.25, -0.2) is 4.79 Å². The number of aromatic nitrogens is 2. The maximum atomic E-state index is 13.4. The van der Waals surface area contributed by atoms with E-state index in [-0.39, 0.29) is 29.4 Å². The topological polar surface area (TPSA) is 94.1 Å². The third-order valence-corrected chi connectivity index (χ3v) is 11.8. The molecule has 2 unspecified atom stereocenters. The number of carbonyl (C=O) groups excluding carboxylic acids is 1. The number of benzene rings is 3. The zero-order valence-corrected chi connectivity index (χ0v) is 27.0. The lowest BCUT2D eigenvalue weighted by Crippen LogP contribution is -2.59. The van der Waals surface area contributed by atoms with Crippen LogP contribution in [0.4, 0.5) is 10.6 Å². The fourth-order valence-corrected chi connectivity index (χ4v) is 9.49. The van der Waals surface area contributed by atoms with Gasteiger partial charge in [0.2, 0.25) is 0 Å². The van der Waals surface area contributed by atoms with E-state index in [1.54, 1.807) is 0 Å². The monoisotopic (exact) mass is 632 g/mol. The molecule has 9 nitrogen and oxygen atoms in total. The van der Waals surface area contributed by atoms with Crippen LogP contribution in [0.25, 0.3) is 32.8 Å². The van der Waals surface area contributed by atoms with Gasteiger partial charge in [0.25, 0.3) is 0 Å². The van der Waals surface area contributed by atoms with Crippen LogP contribution in [0.3, 0.4) is 0 Å². The molecule has 5 aliphatic rings. The molecule has 2 atom stereocenters. The van der Waals surface area contributed by atoms with Crippen molar-refractivity contribution in [2.45, 2.75) is 87.9 Å². The Morgan fingerprint density at radius 2 is 1.66 bits per heavy atom. The van der Waals surface area contributed by atoms with Gasteiger partial charge in [-0.3, -0.25) is 4.90 Å². The minimum absolute atomic E-state index is 0.0955. The first-order valence-corrected chi connectivity index (χ1v) is 17.8. The van der Waals surface area contributed by atoms with Crippen molar-refractivity contribution in [3.05, 3.63) is 54.6 Å². The molecule has 0 radical (unpaired) electrons. The zero-order chi connectivity index (χ0) is 31.5. The Bertz CT molecular complexity index is 1820. The lowest BCUT2D eigenvalue weighted by atomic mass is 9.95. The van der Waals surface area contributed by atoms with Crippen LogP contribution in [-0.4, -0.2) is 87.4 Å². The van der Waals surface area contributed by atoms with Gasteiger partial charge < -0.3 is 25.0 Å². The minimum Gasteiger partial charge on any atom is -0.508 e. The molecule has 4 aliphatic heterocycles. The molecule has 244 valence electrons. The van der Waals surface area contributed by atoms with Crippen molar-refractivity contribution in [1.29, 1.82) is 0 Å². The second kappa shape index (κ2) is 11.5. The first-order chi connectivity index (χ1) is 23.0. The first-order valence-electron chi connectivity index (χ1n) is 17.8. The number of carbonyl (C=O) groups is 1. The Kier molecular flexibility index (Phi) is 7.14. The van der Waals surface area contributed by atoms with Gasteiger partial charge in [0.1, 0.15) is 18.2 Å². The third-order valence-electron chi connectivity index (χ3n) is 11.8. The van der Waals surface area contributed by atoms with E-state index in [0.717, 1.165) is 103 Å². The Morgan fingerprint density at radius 3 is 2.45 bits per heavy atom.